The van der Waals surface area contributed by atoms with Crippen molar-refractivity contribution in [2.75, 3.05) is 18.0 Å². The standard InChI is InChI=1S/C31H38N8O4S/c1-22-26(20-36(2)34-22)30(31(41)32-23-10-4-3-5-11-23)39(29(40)21-38-28-13-7-6-12-27(28)33-35-38)24-14-16-25(17-15-24)44(42,43)37-18-8-9-19-37/h6-7,12-17,20,23,30H,3-5,8-11,18-19,21H2,1-2H3,(H,32,41). The number of hydrogen-bond donors (Lipinski definition) is 1. The normalized spacial score (nSPS) is 17.1. The van der Waals surface area contributed by atoms with Gasteiger partial charge in [-0.15, -0.1) is 5.10 Å². The fourth-order valence-corrected chi connectivity index (χ4v) is 7.86. The summed E-state index contributed by atoms with van der Waals surface area (Å²) in [5.74, 6) is -0.707. The first kappa shape index (κ1) is 29.9. The highest BCUT2D eigenvalue weighted by molar-refractivity contribution is 7.89. The molecule has 1 saturated heterocycles. The number of amides is 2. The van der Waals surface area contributed by atoms with E-state index in [0.29, 0.717) is 41.1 Å². The lowest BCUT2D eigenvalue weighted by Crippen LogP contribution is -2.48. The summed E-state index contributed by atoms with van der Waals surface area (Å²) in [7, 11) is -1.89. The van der Waals surface area contributed by atoms with Crippen LogP contribution in [0.1, 0.15) is 62.2 Å². The Balaban J connectivity index is 1.42. The van der Waals surface area contributed by atoms with E-state index in [1.807, 2.05) is 31.2 Å². The highest BCUT2D eigenvalue weighted by atomic mass is 32.2. The third kappa shape index (κ3) is 5.98. The second-order valence-corrected chi connectivity index (χ2v) is 13.6. The molecule has 0 bridgehead atoms. The average Bonchev–Trinajstić information content (AvgIpc) is 3.77. The summed E-state index contributed by atoms with van der Waals surface area (Å²) < 4.78 is 31.2. The molecular weight excluding hydrogens is 580 g/mol. The van der Waals surface area contributed by atoms with E-state index < -0.39 is 22.0 Å². The van der Waals surface area contributed by atoms with Gasteiger partial charge in [0.1, 0.15) is 18.1 Å². The number of carbonyl (C=O) groups excluding carboxylic acids is 2. The Labute approximate surface area is 257 Å². The smallest absolute Gasteiger partial charge is 0.249 e. The number of hydrogen-bond acceptors (Lipinski definition) is 7. The van der Waals surface area contributed by atoms with E-state index >= 15 is 0 Å². The minimum absolute atomic E-state index is 0.0138. The summed E-state index contributed by atoms with van der Waals surface area (Å²) in [6, 6.07) is 12.6. The summed E-state index contributed by atoms with van der Waals surface area (Å²) in [6.07, 6.45) is 8.40. The Bertz CT molecular complexity index is 1750. The van der Waals surface area contributed by atoms with Crippen LogP contribution >= 0.6 is 0 Å². The van der Waals surface area contributed by atoms with Crippen LogP contribution in [-0.2, 0) is 33.2 Å². The van der Waals surface area contributed by atoms with Gasteiger partial charge < -0.3 is 5.32 Å². The highest BCUT2D eigenvalue weighted by Gasteiger charge is 2.37. The molecule has 0 spiro atoms. The first-order valence-corrected chi connectivity index (χ1v) is 16.7. The van der Waals surface area contributed by atoms with Crippen molar-refractivity contribution < 1.29 is 18.0 Å². The largest absolute Gasteiger partial charge is 0.351 e. The third-order valence-electron chi connectivity index (χ3n) is 8.60. The molecule has 3 heterocycles. The van der Waals surface area contributed by atoms with Gasteiger partial charge in [-0.1, -0.05) is 36.6 Å². The number of rotatable bonds is 9. The molecule has 232 valence electrons. The van der Waals surface area contributed by atoms with E-state index in [1.54, 1.807) is 30.1 Å². The lowest BCUT2D eigenvalue weighted by molar-refractivity contribution is -0.127. The number of nitrogens with one attached hydrogen (secondary N) is 1. The first-order valence-electron chi connectivity index (χ1n) is 15.2. The molecule has 0 radical (unpaired) electrons. The Hall–Kier alpha value is -4.10. The summed E-state index contributed by atoms with van der Waals surface area (Å²) in [5, 5.41) is 16.1. The van der Waals surface area contributed by atoms with Gasteiger partial charge in [-0.25, -0.2) is 13.1 Å². The summed E-state index contributed by atoms with van der Waals surface area (Å²) in [6.45, 7) is 2.62. The van der Waals surface area contributed by atoms with E-state index in [2.05, 4.69) is 20.7 Å². The number of benzene rings is 2. The molecule has 44 heavy (non-hydrogen) atoms. The first-order chi connectivity index (χ1) is 21.2. The van der Waals surface area contributed by atoms with Crippen molar-refractivity contribution in [3.8, 4) is 0 Å². The van der Waals surface area contributed by atoms with Crippen LogP contribution in [0.15, 0.2) is 59.6 Å². The van der Waals surface area contributed by atoms with E-state index in [1.165, 1.54) is 26.0 Å². The SMILES string of the molecule is Cc1nn(C)cc1C(C(=O)NC1CCCCC1)N(C(=O)Cn1nnc2ccccc21)c1ccc(S(=O)(=O)N2CCCC2)cc1. The molecule has 1 aliphatic heterocycles. The molecule has 2 aromatic heterocycles. The van der Waals surface area contributed by atoms with Crippen LogP contribution < -0.4 is 10.2 Å². The van der Waals surface area contributed by atoms with Crippen molar-refractivity contribution in [3.05, 3.63) is 66.0 Å². The maximum absolute atomic E-state index is 14.4. The van der Waals surface area contributed by atoms with Gasteiger partial charge >= 0.3 is 0 Å². The van der Waals surface area contributed by atoms with Crippen LogP contribution in [0.25, 0.3) is 11.0 Å². The number of aryl methyl sites for hydroxylation is 2. The molecule has 1 aliphatic carbocycles. The summed E-state index contributed by atoms with van der Waals surface area (Å²) in [4.78, 5) is 30.2. The molecule has 2 fully saturated rings. The molecule has 2 aromatic carbocycles. The minimum Gasteiger partial charge on any atom is -0.351 e. The minimum atomic E-state index is -3.66. The van der Waals surface area contributed by atoms with E-state index in [9.17, 15) is 18.0 Å². The lowest BCUT2D eigenvalue weighted by atomic mass is 9.94. The van der Waals surface area contributed by atoms with Crippen molar-refractivity contribution >= 4 is 38.6 Å². The van der Waals surface area contributed by atoms with E-state index in [-0.39, 0.29) is 23.4 Å². The molecule has 1 saturated carbocycles. The predicted octanol–water partition coefficient (Wildman–Crippen LogP) is 3.48. The second kappa shape index (κ2) is 12.5. The van der Waals surface area contributed by atoms with Crippen LogP contribution in [-0.4, -0.2) is 68.4 Å². The number of nitrogens with zero attached hydrogens (tertiary/aromatic N) is 7. The van der Waals surface area contributed by atoms with Gasteiger partial charge in [-0.3, -0.25) is 19.2 Å². The van der Waals surface area contributed by atoms with E-state index in [4.69, 9.17) is 0 Å². The fraction of sp³-hybridized carbons (Fsp3) is 0.452. The van der Waals surface area contributed by atoms with Gasteiger partial charge in [-0.2, -0.15) is 9.40 Å². The maximum atomic E-state index is 14.4. The second-order valence-electron chi connectivity index (χ2n) is 11.7. The Kier molecular flexibility index (Phi) is 8.50. The van der Waals surface area contributed by atoms with Gasteiger partial charge in [0, 0.05) is 43.6 Å². The van der Waals surface area contributed by atoms with Crippen molar-refractivity contribution in [1.29, 1.82) is 0 Å². The molecular formula is C31H38N8O4S. The Morgan fingerprint density at radius 1 is 1.00 bits per heavy atom. The van der Waals surface area contributed by atoms with Crippen molar-refractivity contribution in [1.82, 2.24) is 34.4 Å². The Morgan fingerprint density at radius 3 is 2.39 bits per heavy atom. The summed E-state index contributed by atoms with van der Waals surface area (Å²) in [5.41, 5.74) is 2.94. The third-order valence-corrected chi connectivity index (χ3v) is 10.5. The van der Waals surface area contributed by atoms with Crippen molar-refractivity contribution in [2.24, 2.45) is 7.05 Å². The molecule has 1 N–H and O–H groups in total. The quantitative estimate of drug-likeness (QED) is 0.303. The molecule has 6 rings (SSSR count). The zero-order valence-electron chi connectivity index (χ0n) is 25.1. The van der Waals surface area contributed by atoms with Crippen LogP contribution in [0.5, 0.6) is 0 Å². The number of aromatic nitrogens is 5. The van der Waals surface area contributed by atoms with Gasteiger partial charge in [-0.05, 0) is 69.0 Å². The van der Waals surface area contributed by atoms with Crippen LogP contribution in [0.2, 0.25) is 0 Å². The zero-order valence-corrected chi connectivity index (χ0v) is 25.9. The molecule has 12 nitrogen and oxygen atoms in total. The van der Waals surface area contributed by atoms with Crippen molar-refractivity contribution in [3.63, 3.8) is 0 Å². The number of carbonyl (C=O) groups is 2. The van der Waals surface area contributed by atoms with Crippen LogP contribution in [0.3, 0.4) is 0 Å². The van der Waals surface area contributed by atoms with Crippen LogP contribution in [0, 0.1) is 6.92 Å². The number of anilines is 1. The monoisotopic (exact) mass is 618 g/mol. The number of para-hydroxylation sites is 1. The van der Waals surface area contributed by atoms with Gasteiger partial charge in [0.15, 0.2) is 0 Å². The van der Waals surface area contributed by atoms with Gasteiger partial charge in [0.25, 0.3) is 0 Å². The molecule has 2 aliphatic rings. The molecule has 1 atom stereocenters. The maximum Gasteiger partial charge on any atom is 0.249 e. The fourth-order valence-electron chi connectivity index (χ4n) is 6.34. The molecule has 2 amide bonds. The number of fused-ring (bicyclic) bond motifs is 1. The lowest BCUT2D eigenvalue weighted by Gasteiger charge is -2.33. The molecule has 13 heteroatoms. The van der Waals surface area contributed by atoms with Crippen molar-refractivity contribution in [2.45, 2.75) is 75.4 Å². The summed E-state index contributed by atoms with van der Waals surface area (Å²) >= 11 is 0. The zero-order chi connectivity index (χ0) is 30.8. The Morgan fingerprint density at radius 2 is 1.70 bits per heavy atom. The van der Waals surface area contributed by atoms with Gasteiger partial charge in [0.2, 0.25) is 21.8 Å². The predicted molar refractivity (Wildman–Crippen MR) is 165 cm³/mol. The molecule has 4 aromatic rings. The number of sulfonamides is 1. The highest BCUT2D eigenvalue weighted by Crippen LogP contribution is 2.32. The average molecular weight is 619 g/mol. The molecule has 1 unspecified atom stereocenters. The van der Waals surface area contributed by atoms with Gasteiger partial charge in [0.05, 0.1) is 16.1 Å². The van der Waals surface area contributed by atoms with Crippen LogP contribution in [0.4, 0.5) is 5.69 Å². The van der Waals surface area contributed by atoms with E-state index in [0.717, 1.165) is 44.9 Å². The topological polar surface area (TPSA) is 135 Å².